The van der Waals surface area contributed by atoms with E-state index in [0.717, 1.165) is 5.56 Å². The van der Waals surface area contributed by atoms with Gasteiger partial charge in [0.05, 0.1) is 18.6 Å². The zero-order valence-electron chi connectivity index (χ0n) is 12.6. The first-order valence-electron chi connectivity index (χ1n) is 7.14. The molecular weight excluding hydrogens is 268 g/mol. The van der Waals surface area contributed by atoms with Crippen molar-refractivity contribution in [2.24, 2.45) is 0 Å². The van der Waals surface area contributed by atoms with E-state index in [9.17, 15) is 14.4 Å². The molecule has 1 heterocycles. The van der Waals surface area contributed by atoms with Crippen molar-refractivity contribution >= 4 is 17.6 Å². The first-order chi connectivity index (χ1) is 9.93. The summed E-state index contributed by atoms with van der Waals surface area (Å²) < 4.78 is 0. The molecule has 5 heteroatoms. The van der Waals surface area contributed by atoms with Crippen molar-refractivity contribution in [1.29, 1.82) is 0 Å². The van der Waals surface area contributed by atoms with E-state index in [2.05, 4.69) is 5.32 Å². The normalized spacial score (nSPS) is 21.0. The van der Waals surface area contributed by atoms with Crippen LogP contribution in [0.15, 0.2) is 24.3 Å². The van der Waals surface area contributed by atoms with Gasteiger partial charge in [-0.1, -0.05) is 36.8 Å². The summed E-state index contributed by atoms with van der Waals surface area (Å²) in [6.45, 7) is 5.65. The largest absolute Gasteiger partial charge is 0.294 e. The molecule has 2 amide bonds. The molecule has 0 radical (unpaired) electrons. The van der Waals surface area contributed by atoms with Crippen LogP contribution in [0.1, 0.15) is 36.2 Å². The van der Waals surface area contributed by atoms with E-state index in [1.165, 1.54) is 0 Å². The van der Waals surface area contributed by atoms with Gasteiger partial charge < -0.3 is 0 Å². The molecule has 2 atom stereocenters. The summed E-state index contributed by atoms with van der Waals surface area (Å²) in [7, 11) is 0. The highest BCUT2D eigenvalue weighted by Gasteiger charge is 2.37. The Bertz CT molecular complexity index is 565. The Balaban J connectivity index is 2.22. The van der Waals surface area contributed by atoms with E-state index in [4.69, 9.17) is 0 Å². The molecule has 2 rings (SSSR count). The third kappa shape index (κ3) is 3.19. The van der Waals surface area contributed by atoms with Crippen LogP contribution in [0.3, 0.4) is 0 Å². The van der Waals surface area contributed by atoms with Crippen LogP contribution in [0.25, 0.3) is 0 Å². The van der Waals surface area contributed by atoms with Gasteiger partial charge in [0.2, 0.25) is 11.8 Å². The van der Waals surface area contributed by atoms with Gasteiger partial charge in [-0.2, -0.15) is 0 Å². The fourth-order valence-electron chi connectivity index (χ4n) is 2.62. The van der Waals surface area contributed by atoms with E-state index < -0.39 is 12.1 Å². The van der Waals surface area contributed by atoms with E-state index in [0.29, 0.717) is 12.0 Å². The molecule has 2 unspecified atom stereocenters. The summed E-state index contributed by atoms with van der Waals surface area (Å²) in [5.41, 5.74) is 1.68. The van der Waals surface area contributed by atoms with Gasteiger partial charge in [-0.3, -0.25) is 24.6 Å². The summed E-state index contributed by atoms with van der Waals surface area (Å²) in [6.07, 6.45) is 0.560. The van der Waals surface area contributed by atoms with Crippen LogP contribution in [-0.4, -0.2) is 41.1 Å². The number of hydrogen-bond acceptors (Lipinski definition) is 4. The van der Waals surface area contributed by atoms with Gasteiger partial charge in [0, 0.05) is 5.56 Å². The summed E-state index contributed by atoms with van der Waals surface area (Å²) in [4.78, 5) is 37.7. The number of carbonyl (C=O) groups excluding carboxylic acids is 3. The van der Waals surface area contributed by atoms with Crippen molar-refractivity contribution in [1.82, 2.24) is 10.2 Å². The number of nitrogens with zero attached hydrogens (tertiary/aromatic N) is 1. The number of piperazine rings is 1. The number of carbonyl (C=O) groups is 3. The van der Waals surface area contributed by atoms with Gasteiger partial charge in [-0.05, 0) is 20.3 Å². The van der Waals surface area contributed by atoms with Crippen LogP contribution in [0.4, 0.5) is 0 Å². The summed E-state index contributed by atoms with van der Waals surface area (Å²) in [5, 5.41) is 2.32. The van der Waals surface area contributed by atoms with Crippen LogP contribution < -0.4 is 5.32 Å². The molecule has 1 fully saturated rings. The van der Waals surface area contributed by atoms with Gasteiger partial charge in [0.25, 0.3) is 0 Å². The molecule has 0 bridgehead atoms. The van der Waals surface area contributed by atoms with E-state index in [-0.39, 0.29) is 24.1 Å². The fraction of sp³-hybridized carbons (Fsp3) is 0.438. The molecule has 1 N–H and O–H groups in total. The van der Waals surface area contributed by atoms with Crippen LogP contribution in [0, 0.1) is 6.92 Å². The molecule has 0 aromatic heterocycles. The SMILES string of the molecule is CCC1C(=O)NC(=O)CN1C(C)C(=O)c1ccc(C)cc1. The molecule has 1 aliphatic rings. The first kappa shape index (κ1) is 15.4. The van der Waals surface area contributed by atoms with Crippen LogP contribution in [0.5, 0.6) is 0 Å². The Labute approximate surface area is 124 Å². The third-order valence-electron chi connectivity index (χ3n) is 3.89. The Morgan fingerprint density at radius 1 is 1.33 bits per heavy atom. The van der Waals surface area contributed by atoms with Crippen molar-refractivity contribution < 1.29 is 14.4 Å². The number of aryl methyl sites for hydroxylation is 1. The van der Waals surface area contributed by atoms with E-state index in [1.807, 2.05) is 26.0 Å². The van der Waals surface area contributed by atoms with Crippen molar-refractivity contribution in [3.8, 4) is 0 Å². The van der Waals surface area contributed by atoms with Crippen molar-refractivity contribution in [2.45, 2.75) is 39.3 Å². The summed E-state index contributed by atoms with van der Waals surface area (Å²) >= 11 is 0. The second kappa shape index (κ2) is 6.18. The quantitative estimate of drug-likeness (QED) is 0.670. The molecule has 1 aromatic rings. The van der Waals surface area contributed by atoms with E-state index in [1.54, 1.807) is 24.0 Å². The van der Waals surface area contributed by atoms with Gasteiger partial charge >= 0.3 is 0 Å². The zero-order chi connectivity index (χ0) is 15.6. The number of ketones is 1. The number of benzene rings is 1. The lowest BCUT2D eigenvalue weighted by atomic mass is 9.99. The van der Waals surface area contributed by atoms with E-state index >= 15 is 0 Å². The molecular formula is C16H20N2O3. The van der Waals surface area contributed by atoms with Gasteiger partial charge in [0.1, 0.15) is 0 Å². The highest BCUT2D eigenvalue weighted by atomic mass is 16.2. The van der Waals surface area contributed by atoms with Crippen LogP contribution >= 0.6 is 0 Å². The number of hydrogen-bond donors (Lipinski definition) is 1. The Morgan fingerprint density at radius 2 is 1.95 bits per heavy atom. The number of rotatable bonds is 4. The molecule has 0 saturated carbocycles. The number of Topliss-reactive ketones (excluding diaryl/α,β-unsaturated/α-hetero) is 1. The predicted molar refractivity (Wildman–Crippen MR) is 78.9 cm³/mol. The lowest BCUT2D eigenvalue weighted by molar-refractivity contribution is -0.140. The smallest absolute Gasteiger partial charge is 0.243 e. The van der Waals surface area contributed by atoms with Crippen LogP contribution in [-0.2, 0) is 9.59 Å². The lowest BCUT2D eigenvalue weighted by Crippen LogP contribution is -2.61. The molecule has 1 aliphatic heterocycles. The minimum absolute atomic E-state index is 0.0724. The second-order valence-electron chi connectivity index (χ2n) is 5.42. The Kier molecular flexibility index (Phi) is 4.53. The minimum Gasteiger partial charge on any atom is -0.294 e. The summed E-state index contributed by atoms with van der Waals surface area (Å²) in [5.74, 6) is -0.749. The molecule has 5 nitrogen and oxygen atoms in total. The minimum atomic E-state index is -0.507. The summed E-state index contributed by atoms with van der Waals surface area (Å²) in [6, 6.07) is 6.37. The average Bonchev–Trinajstić information content (AvgIpc) is 2.46. The Hall–Kier alpha value is -2.01. The van der Waals surface area contributed by atoms with Gasteiger partial charge in [-0.25, -0.2) is 0 Å². The lowest BCUT2D eigenvalue weighted by Gasteiger charge is -2.36. The van der Waals surface area contributed by atoms with Crippen molar-refractivity contribution in [3.63, 3.8) is 0 Å². The molecule has 1 aromatic carbocycles. The standard InChI is InChI=1S/C16H20N2O3/c1-4-13-16(21)17-14(19)9-18(13)11(3)15(20)12-7-5-10(2)6-8-12/h5-8,11,13H,4,9H2,1-3H3,(H,17,19,21). The molecule has 0 aliphatic carbocycles. The van der Waals surface area contributed by atoms with Gasteiger partial charge in [0.15, 0.2) is 5.78 Å². The number of amides is 2. The fourth-order valence-corrected chi connectivity index (χ4v) is 2.62. The van der Waals surface area contributed by atoms with Crippen LogP contribution in [0.2, 0.25) is 0 Å². The van der Waals surface area contributed by atoms with Gasteiger partial charge in [-0.15, -0.1) is 0 Å². The molecule has 21 heavy (non-hydrogen) atoms. The molecule has 1 saturated heterocycles. The molecule has 112 valence electrons. The van der Waals surface area contributed by atoms with Crippen molar-refractivity contribution in [3.05, 3.63) is 35.4 Å². The molecule has 0 spiro atoms. The third-order valence-corrected chi connectivity index (χ3v) is 3.89. The predicted octanol–water partition coefficient (Wildman–Crippen LogP) is 1.30. The monoisotopic (exact) mass is 288 g/mol. The topological polar surface area (TPSA) is 66.5 Å². The second-order valence-corrected chi connectivity index (χ2v) is 5.42. The maximum Gasteiger partial charge on any atom is 0.243 e. The highest BCUT2D eigenvalue weighted by Crippen LogP contribution is 2.17. The zero-order valence-corrected chi connectivity index (χ0v) is 12.6. The first-order valence-corrected chi connectivity index (χ1v) is 7.14. The average molecular weight is 288 g/mol. The Morgan fingerprint density at radius 3 is 2.52 bits per heavy atom. The maximum atomic E-state index is 12.5. The maximum absolute atomic E-state index is 12.5. The van der Waals surface area contributed by atoms with Crippen molar-refractivity contribution in [2.75, 3.05) is 6.54 Å². The number of nitrogens with one attached hydrogen (secondary N) is 1. The highest BCUT2D eigenvalue weighted by molar-refractivity contribution is 6.04. The number of imide groups is 1.